The average Bonchev–Trinajstić information content (AvgIpc) is 3.48. The Bertz CT molecular complexity index is 1280. The van der Waals surface area contributed by atoms with Gasteiger partial charge >= 0.3 is 5.97 Å². The Morgan fingerprint density at radius 2 is 0.610 bits per heavy atom. The molecule has 0 aliphatic heterocycles. The normalized spacial score (nSPS) is 12.6. The Kier molecular flexibility index (Phi) is 70.4. The van der Waals surface area contributed by atoms with Gasteiger partial charge in [-0.05, 0) is 57.8 Å². The molecule has 0 saturated carbocycles. The van der Waals surface area contributed by atoms with Gasteiger partial charge in [-0.3, -0.25) is 9.59 Å². The van der Waals surface area contributed by atoms with Crippen molar-refractivity contribution in [2.45, 2.75) is 437 Å². The zero-order chi connectivity index (χ0) is 59.2. The first-order valence-corrected chi connectivity index (χ1v) is 37.6. The maximum Gasteiger partial charge on any atom is 0.305 e. The Morgan fingerprint density at radius 3 is 0.939 bits per heavy atom. The van der Waals surface area contributed by atoms with Crippen molar-refractivity contribution in [2.24, 2.45) is 0 Å². The van der Waals surface area contributed by atoms with Crippen molar-refractivity contribution in [2.75, 3.05) is 13.2 Å². The van der Waals surface area contributed by atoms with E-state index in [1.54, 1.807) is 0 Å². The molecule has 0 aromatic heterocycles. The standard InChI is InChI=1S/C76H147NO5/c1-3-5-7-9-11-13-15-17-19-21-37-40-44-48-52-56-60-64-68-74(79)73(72-78)77-75(80)69-65-61-57-53-49-45-41-38-35-33-31-29-27-25-23-22-24-26-28-30-32-34-36-39-43-47-51-55-59-63-67-71-82-76(81)70-66-62-58-54-50-46-42-20-18-16-14-12-10-8-6-4-2/h14,16,20,42,73-74,78-79H,3-13,15,17-19,21-41,43-72H2,1-2H3,(H,77,80)/b16-14-,42-20-. The predicted molar refractivity (Wildman–Crippen MR) is 361 cm³/mol. The summed E-state index contributed by atoms with van der Waals surface area (Å²) >= 11 is 0. The average molecular weight is 1160 g/mol. The van der Waals surface area contributed by atoms with E-state index in [0.29, 0.717) is 25.9 Å². The number of aliphatic hydroxyl groups is 2. The van der Waals surface area contributed by atoms with Crippen molar-refractivity contribution < 1.29 is 24.5 Å². The molecule has 0 aliphatic rings. The fraction of sp³-hybridized carbons (Fsp3) is 0.921. The number of carbonyl (C=O) groups excluding carboxylic acids is 2. The van der Waals surface area contributed by atoms with Gasteiger partial charge in [0.05, 0.1) is 25.4 Å². The molecular weight excluding hydrogens is 1010 g/mol. The first kappa shape index (κ1) is 80.3. The van der Waals surface area contributed by atoms with Crippen molar-refractivity contribution in [1.82, 2.24) is 5.32 Å². The van der Waals surface area contributed by atoms with Gasteiger partial charge in [-0.25, -0.2) is 0 Å². The van der Waals surface area contributed by atoms with Crippen molar-refractivity contribution in [3.05, 3.63) is 24.3 Å². The lowest BCUT2D eigenvalue weighted by Crippen LogP contribution is -2.45. The quantitative estimate of drug-likeness (QED) is 0.0320. The molecule has 3 N–H and O–H groups in total. The summed E-state index contributed by atoms with van der Waals surface area (Å²) in [5.74, 6) is -0.0185. The number of hydrogen-bond donors (Lipinski definition) is 3. The van der Waals surface area contributed by atoms with E-state index in [-0.39, 0.29) is 18.5 Å². The summed E-state index contributed by atoms with van der Waals surface area (Å²) in [4.78, 5) is 24.6. The van der Waals surface area contributed by atoms with Crippen LogP contribution in [-0.4, -0.2) is 47.4 Å². The van der Waals surface area contributed by atoms with E-state index in [9.17, 15) is 19.8 Å². The molecule has 0 fully saturated rings. The van der Waals surface area contributed by atoms with Crippen LogP contribution in [0.4, 0.5) is 0 Å². The topological polar surface area (TPSA) is 95.9 Å². The van der Waals surface area contributed by atoms with Crippen LogP contribution in [-0.2, 0) is 14.3 Å². The zero-order valence-corrected chi connectivity index (χ0v) is 55.8. The van der Waals surface area contributed by atoms with Crippen LogP contribution in [0.5, 0.6) is 0 Å². The van der Waals surface area contributed by atoms with E-state index < -0.39 is 12.1 Å². The van der Waals surface area contributed by atoms with E-state index in [1.807, 2.05) is 0 Å². The monoisotopic (exact) mass is 1150 g/mol. The number of aliphatic hydroxyl groups excluding tert-OH is 2. The number of unbranched alkanes of at least 4 members (excludes halogenated alkanes) is 56. The van der Waals surface area contributed by atoms with Gasteiger partial charge in [0.2, 0.25) is 5.91 Å². The molecule has 0 spiro atoms. The highest BCUT2D eigenvalue weighted by molar-refractivity contribution is 5.76. The Morgan fingerprint density at radius 1 is 0.341 bits per heavy atom. The number of rotatable bonds is 71. The second-order valence-electron chi connectivity index (χ2n) is 26.0. The lowest BCUT2D eigenvalue weighted by molar-refractivity contribution is -0.143. The molecule has 0 aliphatic carbocycles. The third-order valence-corrected chi connectivity index (χ3v) is 17.8. The number of amides is 1. The molecule has 0 saturated heterocycles. The van der Waals surface area contributed by atoms with Gasteiger partial charge in [-0.1, -0.05) is 378 Å². The van der Waals surface area contributed by atoms with Gasteiger partial charge < -0.3 is 20.3 Å². The fourth-order valence-electron chi connectivity index (χ4n) is 12.0. The van der Waals surface area contributed by atoms with Gasteiger partial charge in [0.25, 0.3) is 0 Å². The van der Waals surface area contributed by atoms with Crippen LogP contribution in [0.25, 0.3) is 0 Å². The Hall–Kier alpha value is -1.66. The number of nitrogens with one attached hydrogen (secondary N) is 1. The molecule has 2 unspecified atom stereocenters. The summed E-state index contributed by atoms with van der Waals surface area (Å²) in [5, 5.41) is 23.4. The number of carbonyl (C=O) groups is 2. The minimum Gasteiger partial charge on any atom is -0.466 e. The minimum absolute atomic E-state index is 0.00800. The van der Waals surface area contributed by atoms with Crippen molar-refractivity contribution >= 4 is 11.9 Å². The van der Waals surface area contributed by atoms with Crippen molar-refractivity contribution in [1.29, 1.82) is 0 Å². The van der Waals surface area contributed by atoms with E-state index in [2.05, 4.69) is 43.5 Å². The van der Waals surface area contributed by atoms with Gasteiger partial charge in [-0.2, -0.15) is 0 Å². The van der Waals surface area contributed by atoms with Crippen LogP contribution < -0.4 is 5.32 Å². The lowest BCUT2D eigenvalue weighted by Gasteiger charge is -2.22. The Labute approximate surface area is 513 Å². The largest absolute Gasteiger partial charge is 0.466 e. The van der Waals surface area contributed by atoms with Gasteiger partial charge in [0.1, 0.15) is 0 Å². The summed E-state index contributed by atoms with van der Waals surface area (Å²) in [7, 11) is 0. The molecular formula is C76H147NO5. The van der Waals surface area contributed by atoms with Crippen LogP contribution in [0, 0.1) is 0 Å². The Balaban J connectivity index is 3.33. The fourth-order valence-corrected chi connectivity index (χ4v) is 12.0. The number of ether oxygens (including phenoxy) is 1. The number of allylic oxidation sites excluding steroid dienone is 4. The molecule has 6 heteroatoms. The van der Waals surface area contributed by atoms with Crippen LogP contribution in [0.3, 0.4) is 0 Å². The predicted octanol–water partition coefficient (Wildman–Crippen LogP) is 24.5. The molecule has 0 bridgehead atoms. The summed E-state index contributed by atoms with van der Waals surface area (Å²) in [6.45, 7) is 4.97. The molecule has 1 amide bonds. The van der Waals surface area contributed by atoms with Gasteiger partial charge in [0, 0.05) is 12.8 Å². The molecule has 2 atom stereocenters. The van der Waals surface area contributed by atoms with Gasteiger partial charge in [0.15, 0.2) is 0 Å². The molecule has 0 heterocycles. The van der Waals surface area contributed by atoms with Crippen LogP contribution in [0.15, 0.2) is 24.3 Å². The smallest absolute Gasteiger partial charge is 0.305 e. The zero-order valence-electron chi connectivity index (χ0n) is 55.8. The van der Waals surface area contributed by atoms with E-state index in [4.69, 9.17) is 4.74 Å². The maximum absolute atomic E-state index is 12.5. The van der Waals surface area contributed by atoms with Gasteiger partial charge in [-0.15, -0.1) is 0 Å². The van der Waals surface area contributed by atoms with Crippen LogP contribution >= 0.6 is 0 Å². The van der Waals surface area contributed by atoms with E-state index in [0.717, 1.165) is 51.4 Å². The highest BCUT2D eigenvalue weighted by atomic mass is 16.5. The number of hydrogen-bond acceptors (Lipinski definition) is 5. The highest BCUT2D eigenvalue weighted by Gasteiger charge is 2.20. The molecule has 486 valence electrons. The van der Waals surface area contributed by atoms with E-state index >= 15 is 0 Å². The first-order chi connectivity index (χ1) is 40.5. The molecule has 6 nitrogen and oxygen atoms in total. The van der Waals surface area contributed by atoms with E-state index in [1.165, 1.54) is 340 Å². The third kappa shape index (κ3) is 67.5. The highest BCUT2D eigenvalue weighted by Crippen LogP contribution is 2.20. The second-order valence-corrected chi connectivity index (χ2v) is 26.0. The minimum atomic E-state index is -0.662. The summed E-state index contributed by atoms with van der Waals surface area (Å²) in [6, 6.07) is -0.538. The molecule has 0 aromatic rings. The number of esters is 1. The SMILES string of the molecule is CCCCCC/C=C\C/C=C\CCCCCCCC(=O)OCCCCCCCCCCCCCCCCCCCCCCCCCCCCCCCCCC(=O)NC(CO)C(O)CCCCCCCCCCCCCCCCCCCC. The van der Waals surface area contributed by atoms with Crippen molar-refractivity contribution in [3.8, 4) is 0 Å². The molecule has 0 rings (SSSR count). The van der Waals surface area contributed by atoms with Crippen molar-refractivity contribution in [3.63, 3.8) is 0 Å². The molecule has 0 aromatic carbocycles. The van der Waals surface area contributed by atoms with Crippen LogP contribution in [0.2, 0.25) is 0 Å². The molecule has 82 heavy (non-hydrogen) atoms. The summed E-state index contributed by atoms with van der Waals surface area (Å²) in [5.41, 5.74) is 0. The summed E-state index contributed by atoms with van der Waals surface area (Å²) in [6.07, 6.45) is 91.1. The third-order valence-electron chi connectivity index (χ3n) is 17.8. The first-order valence-electron chi connectivity index (χ1n) is 37.6. The second kappa shape index (κ2) is 71.8. The maximum atomic E-state index is 12.5. The molecule has 0 radical (unpaired) electrons. The lowest BCUT2D eigenvalue weighted by atomic mass is 10.0. The summed E-state index contributed by atoms with van der Waals surface area (Å²) < 4.78 is 5.50. The van der Waals surface area contributed by atoms with Crippen LogP contribution in [0.1, 0.15) is 425 Å².